The molecule has 0 fully saturated rings. The second-order valence-corrected chi connectivity index (χ2v) is 7.75. The van der Waals surface area contributed by atoms with Gasteiger partial charge in [-0.25, -0.2) is 5.43 Å². The predicted octanol–water partition coefficient (Wildman–Crippen LogP) is 3.90. The van der Waals surface area contributed by atoms with E-state index in [1.807, 2.05) is 60.7 Å². The lowest BCUT2D eigenvalue weighted by Crippen LogP contribution is -2.38. The molecular formula is C23H19BrN4O2. The van der Waals surface area contributed by atoms with Gasteiger partial charge in [0, 0.05) is 6.42 Å². The summed E-state index contributed by atoms with van der Waals surface area (Å²) in [6.45, 7) is 0. The summed E-state index contributed by atoms with van der Waals surface area (Å²) in [4.78, 5) is 12.7. The summed E-state index contributed by atoms with van der Waals surface area (Å²) in [5, 5.41) is 17.9. The van der Waals surface area contributed by atoms with Crippen molar-refractivity contribution in [1.82, 2.24) is 10.9 Å². The Morgan fingerprint density at radius 1 is 1.07 bits per heavy atom. The van der Waals surface area contributed by atoms with Crippen LogP contribution in [0.15, 0.2) is 93.5 Å². The van der Waals surface area contributed by atoms with E-state index < -0.39 is 5.54 Å². The standard InChI is InChI=1S/C23H19BrN4O2/c24-19-13-16(11-12-21(19)29)15-25-27-22(30)20-14-23(28-26-20,17-7-3-1-4-8-17)18-9-5-2-6-10-18/h1-13,15,28-29H,14H2,(H,27,30)/b25-15+. The van der Waals surface area contributed by atoms with Gasteiger partial charge >= 0.3 is 0 Å². The van der Waals surface area contributed by atoms with E-state index in [0.29, 0.717) is 16.6 Å². The number of nitrogens with zero attached hydrogens (tertiary/aromatic N) is 2. The lowest BCUT2D eigenvalue weighted by atomic mass is 9.80. The van der Waals surface area contributed by atoms with Gasteiger partial charge in [0.05, 0.1) is 10.7 Å². The zero-order valence-corrected chi connectivity index (χ0v) is 17.5. The topological polar surface area (TPSA) is 86.1 Å². The fourth-order valence-electron chi connectivity index (χ4n) is 3.40. The van der Waals surface area contributed by atoms with Crippen LogP contribution in [0.25, 0.3) is 0 Å². The van der Waals surface area contributed by atoms with Gasteiger partial charge in [-0.3, -0.25) is 10.2 Å². The summed E-state index contributed by atoms with van der Waals surface area (Å²) in [5.74, 6) is -0.230. The molecule has 4 rings (SSSR count). The van der Waals surface area contributed by atoms with Crippen LogP contribution in [-0.2, 0) is 10.3 Å². The number of phenolic OH excluding ortho intramolecular Hbond substituents is 1. The lowest BCUT2D eigenvalue weighted by molar-refractivity contribution is -0.114. The van der Waals surface area contributed by atoms with Crippen molar-refractivity contribution in [3.8, 4) is 5.75 Å². The summed E-state index contributed by atoms with van der Waals surface area (Å²) < 4.78 is 0.553. The first-order valence-electron chi connectivity index (χ1n) is 9.35. The Balaban J connectivity index is 1.51. The minimum atomic E-state index is -0.610. The smallest absolute Gasteiger partial charge is 0.287 e. The van der Waals surface area contributed by atoms with Gasteiger partial charge in [-0.05, 0) is 50.8 Å². The van der Waals surface area contributed by atoms with E-state index in [1.165, 1.54) is 6.21 Å². The summed E-state index contributed by atoms with van der Waals surface area (Å²) in [6, 6.07) is 24.9. The van der Waals surface area contributed by atoms with Crippen molar-refractivity contribution in [3.63, 3.8) is 0 Å². The maximum atomic E-state index is 12.7. The first-order valence-corrected chi connectivity index (χ1v) is 10.1. The third-order valence-corrected chi connectivity index (χ3v) is 5.60. The molecule has 1 aliphatic heterocycles. The molecule has 0 spiro atoms. The summed E-state index contributed by atoms with van der Waals surface area (Å²) >= 11 is 3.25. The molecule has 0 saturated heterocycles. The number of hydrogen-bond acceptors (Lipinski definition) is 5. The van der Waals surface area contributed by atoms with Crippen molar-refractivity contribution >= 4 is 33.8 Å². The van der Waals surface area contributed by atoms with E-state index in [9.17, 15) is 9.90 Å². The molecule has 1 amide bonds. The van der Waals surface area contributed by atoms with Gasteiger partial charge in [0.1, 0.15) is 17.0 Å². The van der Waals surface area contributed by atoms with E-state index in [0.717, 1.165) is 16.7 Å². The van der Waals surface area contributed by atoms with Crippen LogP contribution in [0.1, 0.15) is 23.1 Å². The second kappa shape index (κ2) is 8.51. The number of carbonyl (C=O) groups is 1. The Morgan fingerprint density at radius 2 is 1.70 bits per heavy atom. The van der Waals surface area contributed by atoms with Gasteiger partial charge in [-0.1, -0.05) is 60.7 Å². The summed E-state index contributed by atoms with van der Waals surface area (Å²) in [7, 11) is 0. The summed E-state index contributed by atoms with van der Waals surface area (Å²) in [6.07, 6.45) is 1.90. The molecule has 0 aliphatic carbocycles. The van der Waals surface area contributed by atoms with Crippen molar-refractivity contribution < 1.29 is 9.90 Å². The number of hydrogen-bond donors (Lipinski definition) is 3. The molecule has 3 N–H and O–H groups in total. The molecule has 7 heteroatoms. The number of hydrazone groups is 2. The van der Waals surface area contributed by atoms with Gasteiger partial charge in [-0.2, -0.15) is 10.2 Å². The van der Waals surface area contributed by atoms with E-state index in [1.54, 1.807) is 18.2 Å². The third kappa shape index (κ3) is 3.97. The molecule has 0 bridgehead atoms. The lowest BCUT2D eigenvalue weighted by Gasteiger charge is -2.30. The van der Waals surface area contributed by atoms with Gasteiger partial charge < -0.3 is 5.11 Å². The third-order valence-electron chi connectivity index (χ3n) is 4.96. The number of phenols is 1. The Labute approximate surface area is 182 Å². The number of carbonyl (C=O) groups excluding carboxylic acids is 1. The Kier molecular flexibility index (Phi) is 5.63. The van der Waals surface area contributed by atoms with Crippen LogP contribution in [0.4, 0.5) is 0 Å². The van der Waals surface area contributed by atoms with Crippen molar-refractivity contribution in [2.24, 2.45) is 10.2 Å². The SMILES string of the molecule is O=C(N/N=C/c1ccc(O)c(Br)c1)C1=NNC(c2ccccc2)(c2ccccc2)C1. The maximum Gasteiger partial charge on any atom is 0.287 e. The molecule has 1 heterocycles. The predicted molar refractivity (Wildman–Crippen MR) is 120 cm³/mol. The van der Waals surface area contributed by atoms with Crippen LogP contribution in [0.2, 0.25) is 0 Å². The largest absolute Gasteiger partial charge is 0.507 e. The second-order valence-electron chi connectivity index (χ2n) is 6.89. The Hall–Kier alpha value is -3.45. The Morgan fingerprint density at radius 3 is 2.30 bits per heavy atom. The van der Waals surface area contributed by atoms with Crippen molar-refractivity contribution in [3.05, 3.63) is 100 Å². The zero-order chi connectivity index (χ0) is 21.0. The quantitative estimate of drug-likeness (QED) is 0.396. The molecule has 3 aromatic rings. The Bertz CT molecular complexity index is 1080. The van der Waals surface area contributed by atoms with Crippen LogP contribution in [0.3, 0.4) is 0 Å². The fourth-order valence-corrected chi connectivity index (χ4v) is 3.80. The highest BCUT2D eigenvalue weighted by Gasteiger charge is 2.41. The first-order chi connectivity index (χ1) is 14.6. The van der Waals surface area contributed by atoms with E-state index in [4.69, 9.17) is 0 Å². The average Bonchev–Trinajstić information content (AvgIpc) is 3.24. The monoisotopic (exact) mass is 462 g/mol. The number of aromatic hydroxyl groups is 1. The van der Waals surface area contributed by atoms with E-state index >= 15 is 0 Å². The normalized spacial score (nSPS) is 14.9. The maximum absolute atomic E-state index is 12.7. The fraction of sp³-hybridized carbons (Fsp3) is 0.0870. The van der Waals surface area contributed by atoms with Crippen LogP contribution < -0.4 is 10.9 Å². The van der Waals surface area contributed by atoms with Gasteiger partial charge in [0.15, 0.2) is 0 Å². The minimum Gasteiger partial charge on any atom is -0.507 e. The van der Waals surface area contributed by atoms with Crippen LogP contribution >= 0.6 is 15.9 Å². The van der Waals surface area contributed by atoms with Gasteiger partial charge in [0.25, 0.3) is 5.91 Å². The van der Waals surface area contributed by atoms with Crippen molar-refractivity contribution in [2.75, 3.05) is 0 Å². The molecule has 1 aliphatic rings. The molecule has 150 valence electrons. The van der Waals surface area contributed by atoms with Gasteiger partial charge in [-0.15, -0.1) is 0 Å². The molecule has 0 radical (unpaired) electrons. The molecular weight excluding hydrogens is 444 g/mol. The number of amides is 1. The van der Waals surface area contributed by atoms with Gasteiger partial charge in [0.2, 0.25) is 0 Å². The average molecular weight is 463 g/mol. The van der Waals surface area contributed by atoms with Crippen LogP contribution in [0, 0.1) is 0 Å². The molecule has 0 atom stereocenters. The van der Waals surface area contributed by atoms with Crippen molar-refractivity contribution in [1.29, 1.82) is 0 Å². The molecule has 6 nitrogen and oxygen atoms in total. The van der Waals surface area contributed by atoms with E-state index in [-0.39, 0.29) is 11.7 Å². The highest BCUT2D eigenvalue weighted by molar-refractivity contribution is 9.10. The highest BCUT2D eigenvalue weighted by atomic mass is 79.9. The number of rotatable bonds is 5. The number of benzene rings is 3. The minimum absolute atomic E-state index is 0.140. The first kappa shape index (κ1) is 19.8. The molecule has 30 heavy (non-hydrogen) atoms. The number of nitrogens with one attached hydrogen (secondary N) is 2. The summed E-state index contributed by atoms with van der Waals surface area (Å²) in [5.41, 5.74) is 8.27. The van der Waals surface area contributed by atoms with E-state index in [2.05, 4.69) is 37.0 Å². The molecule has 0 unspecified atom stereocenters. The molecule has 0 aromatic heterocycles. The molecule has 0 saturated carbocycles. The zero-order valence-electron chi connectivity index (χ0n) is 15.9. The van der Waals surface area contributed by atoms with Crippen molar-refractivity contribution in [2.45, 2.75) is 12.0 Å². The van der Waals surface area contributed by atoms with Crippen LogP contribution in [-0.4, -0.2) is 22.9 Å². The van der Waals surface area contributed by atoms with Crippen LogP contribution in [0.5, 0.6) is 5.75 Å². The molecule has 3 aromatic carbocycles. The highest BCUT2D eigenvalue weighted by Crippen LogP contribution is 2.36. The number of halogens is 1.